The molecular weight excluding hydrogens is 1550 g/mol. The summed E-state index contributed by atoms with van der Waals surface area (Å²) in [5, 5.41) is 51.2. The van der Waals surface area contributed by atoms with Crippen molar-refractivity contribution in [1.82, 2.24) is 10.6 Å². The summed E-state index contributed by atoms with van der Waals surface area (Å²) in [4.78, 5) is 118. The maximum Gasteiger partial charge on any atom is 0.470 e. The van der Waals surface area contributed by atoms with Crippen LogP contribution in [0.25, 0.3) is 0 Å². The highest BCUT2D eigenvalue weighted by Crippen LogP contribution is 2.43. The normalized spacial score (nSPS) is 17.4. The van der Waals surface area contributed by atoms with E-state index >= 15 is 0 Å². The Morgan fingerprint density at radius 1 is 0.375 bits per heavy atom. The van der Waals surface area contributed by atoms with Gasteiger partial charge < -0.3 is 74.1 Å². The molecule has 0 aromatic rings. The van der Waals surface area contributed by atoms with Crippen LogP contribution in [0.5, 0.6) is 0 Å². The van der Waals surface area contributed by atoms with Crippen molar-refractivity contribution >= 4 is 49.8 Å². The molecule has 0 saturated carbocycles. The predicted molar refractivity (Wildman–Crippen MR) is 479 cm³/mol. The van der Waals surface area contributed by atoms with Crippen LogP contribution in [0.1, 0.15) is 485 Å². The summed E-state index contributed by atoms with van der Waals surface area (Å²) in [6.07, 6.45) is 46.4. The molecule has 0 aromatic carbocycles. The minimum absolute atomic E-state index is 0.110. The Balaban J connectivity index is 3.79. The number of aldehydes is 1. The molecule has 120 heavy (non-hydrogen) atoms. The lowest BCUT2D eigenvalue weighted by Gasteiger charge is -2.45. The molecule has 2 amide bonds. The van der Waals surface area contributed by atoms with Crippen LogP contribution >= 0.6 is 7.82 Å². The van der Waals surface area contributed by atoms with Gasteiger partial charge in [-0.05, 0) is 57.8 Å². The van der Waals surface area contributed by atoms with Crippen LogP contribution in [0, 0.1) is 0 Å². The van der Waals surface area contributed by atoms with Crippen molar-refractivity contribution in [1.29, 1.82) is 0 Å². The van der Waals surface area contributed by atoms with E-state index in [0.29, 0.717) is 51.4 Å². The summed E-state index contributed by atoms with van der Waals surface area (Å²) < 4.78 is 55.0. The van der Waals surface area contributed by atoms with Gasteiger partial charge in [0.15, 0.2) is 12.4 Å². The highest BCUT2D eigenvalue weighted by atomic mass is 31.2. The second kappa shape index (κ2) is 80.0. The Labute approximate surface area is 729 Å². The monoisotopic (exact) mass is 1730 g/mol. The van der Waals surface area contributed by atoms with E-state index in [0.717, 1.165) is 193 Å². The number of aliphatic hydroxyl groups excluding tert-OH is 4. The molecule has 0 aliphatic carbocycles. The van der Waals surface area contributed by atoms with Gasteiger partial charge in [-0.2, -0.15) is 0 Å². The van der Waals surface area contributed by atoms with Crippen LogP contribution in [-0.2, 0) is 71.1 Å². The second-order valence-electron chi connectivity index (χ2n) is 35.1. The summed E-state index contributed by atoms with van der Waals surface area (Å²) in [7, 11) is -5.61. The molecule has 0 radical (unpaired) electrons. The molecule has 24 heteroatoms. The van der Waals surface area contributed by atoms with E-state index in [1.54, 1.807) is 0 Å². The van der Waals surface area contributed by atoms with Gasteiger partial charge in [-0.3, -0.25) is 33.3 Å². The fourth-order valence-corrected chi connectivity index (χ4v) is 16.8. The summed E-state index contributed by atoms with van der Waals surface area (Å²) in [5.74, 6) is -4.08. The van der Waals surface area contributed by atoms with Crippen molar-refractivity contribution in [2.75, 3.05) is 13.2 Å². The van der Waals surface area contributed by atoms with Crippen LogP contribution < -0.4 is 10.6 Å². The molecule has 0 aromatic heterocycles. The van der Waals surface area contributed by atoms with Crippen molar-refractivity contribution in [3.63, 3.8) is 0 Å². The van der Waals surface area contributed by atoms with Gasteiger partial charge in [0.1, 0.15) is 67.2 Å². The minimum Gasteiger partial charge on any atom is -0.462 e. The maximum atomic E-state index is 14.9. The lowest BCUT2D eigenvalue weighted by Crippen LogP contribution is -2.66. The highest BCUT2D eigenvalue weighted by molar-refractivity contribution is 7.46. The molecule has 8 N–H and O–H groups in total. The number of amides is 2. The lowest BCUT2D eigenvalue weighted by atomic mass is 9.95. The number of unbranched alkanes of at least 4 members (excludes halogenated alkanes) is 54. The molecule has 1 aliphatic heterocycles. The Morgan fingerprint density at radius 2 is 0.658 bits per heavy atom. The van der Waals surface area contributed by atoms with Gasteiger partial charge in [0.25, 0.3) is 0 Å². The SMILES string of the molecule is CCCCCCCCCCCCCC(=O)OC(CCCCCCCCCCC)CC(=O)NC(C=O)C(O)C(O)C(O)COC1OC(CO)C(OP(=O)(O)O)C(OC(=O)CC(CCCCCCCCCCC)OC(=O)CCCCCCCCCCCCC)C1NC(=O)CC(CCCCCCCCCCC)OC(=O)CCCCCCCCCCCCC. The number of hydrogen-bond donors (Lipinski definition) is 8. The third-order valence-electron chi connectivity index (χ3n) is 23.7. The third kappa shape index (κ3) is 65.0. The maximum absolute atomic E-state index is 14.9. The first-order valence-electron chi connectivity index (χ1n) is 49.7. The van der Waals surface area contributed by atoms with Gasteiger partial charge in [0.05, 0.1) is 32.5 Å². The number of ether oxygens (including phenoxy) is 6. The van der Waals surface area contributed by atoms with Crippen molar-refractivity contribution < 1.29 is 101 Å². The number of nitrogens with one attached hydrogen (secondary N) is 2. The summed E-state index contributed by atoms with van der Waals surface area (Å²) in [5.41, 5.74) is 0. The summed E-state index contributed by atoms with van der Waals surface area (Å²) >= 11 is 0. The molecule has 12 atom stereocenters. The number of phosphoric acid groups is 1. The molecule has 23 nitrogen and oxygen atoms in total. The zero-order valence-electron chi connectivity index (χ0n) is 77.0. The summed E-state index contributed by atoms with van der Waals surface area (Å²) in [6, 6.07) is -3.66. The molecule has 1 aliphatic rings. The standard InChI is InChI=1S/C96H181N2O21P/c1-7-13-19-25-31-37-40-46-52-58-64-70-87(104)114-79(67-61-55-49-43-34-28-22-16-10-4)73-85(102)97-82(76-99)92(108)93(109)83(101)78-113-96-91(98-86(103)74-80(68-62-56-50-44-35-29-23-17-11-5)115-88(105)71-65-59-53-47-41-38-32-26-20-14-8-2)95(94(84(77-100)117-96)119-120(110,111)112)118-90(107)75-81(69-63-57-51-45-36-30-24-18-12-6)116-89(106)72-66-60-54-48-42-39-33-27-21-15-9-3/h76,79-84,91-96,100-101,108-109H,7-75,77-78H2,1-6H3,(H,97,102)(H,98,103)(H2,110,111,112). The number of aliphatic hydroxyl groups is 4. The topological polar surface area (TPSA) is 347 Å². The number of phosphoric ester groups is 1. The molecule has 706 valence electrons. The second-order valence-corrected chi connectivity index (χ2v) is 36.3. The molecule has 0 spiro atoms. The average molecular weight is 1730 g/mol. The van der Waals surface area contributed by atoms with Crippen molar-refractivity contribution in [3.8, 4) is 0 Å². The molecular formula is C96H181N2O21P. The van der Waals surface area contributed by atoms with Gasteiger partial charge >= 0.3 is 31.7 Å². The van der Waals surface area contributed by atoms with Crippen molar-refractivity contribution in [2.45, 2.75) is 558 Å². The Hall–Kier alpha value is -3.64. The Kier molecular flexibility index (Phi) is 76.2. The number of hydrogen-bond acceptors (Lipinski definition) is 19. The van der Waals surface area contributed by atoms with E-state index in [-0.39, 0.29) is 38.4 Å². The van der Waals surface area contributed by atoms with Crippen LogP contribution in [0.4, 0.5) is 0 Å². The molecule has 1 saturated heterocycles. The molecule has 0 bridgehead atoms. The van der Waals surface area contributed by atoms with E-state index in [2.05, 4.69) is 52.2 Å². The molecule has 1 rings (SSSR count). The van der Waals surface area contributed by atoms with E-state index in [1.165, 1.54) is 154 Å². The van der Waals surface area contributed by atoms with Crippen LogP contribution in [0.2, 0.25) is 0 Å². The Morgan fingerprint density at radius 3 is 0.950 bits per heavy atom. The van der Waals surface area contributed by atoms with Gasteiger partial charge in [-0.15, -0.1) is 0 Å². The molecule has 1 fully saturated rings. The van der Waals surface area contributed by atoms with Gasteiger partial charge in [0, 0.05) is 19.3 Å². The zero-order valence-corrected chi connectivity index (χ0v) is 77.9. The van der Waals surface area contributed by atoms with E-state index in [9.17, 15) is 68.3 Å². The van der Waals surface area contributed by atoms with Gasteiger partial charge in [0.2, 0.25) is 11.8 Å². The number of carbonyl (C=O) groups excluding carboxylic acids is 7. The Bertz CT molecular complexity index is 2500. The van der Waals surface area contributed by atoms with Crippen LogP contribution in [0.3, 0.4) is 0 Å². The molecule has 12 unspecified atom stereocenters. The van der Waals surface area contributed by atoms with E-state index in [4.69, 9.17) is 32.9 Å². The van der Waals surface area contributed by atoms with Crippen molar-refractivity contribution in [2.24, 2.45) is 0 Å². The number of rotatable bonds is 88. The van der Waals surface area contributed by atoms with Gasteiger partial charge in [-0.25, -0.2) is 4.57 Å². The quantitative estimate of drug-likeness (QED) is 0.00922. The summed E-state index contributed by atoms with van der Waals surface area (Å²) in [6.45, 7) is 11.1. The lowest BCUT2D eigenvalue weighted by molar-refractivity contribution is -0.278. The fraction of sp³-hybridized carbons (Fsp3) is 0.927. The molecule has 1 heterocycles. The first-order valence-corrected chi connectivity index (χ1v) is 51.2. The average Bonchev–Trinajstić information content (AvgIpc) is 0.778. The first-order chi connectivity index (χ1) is 58.2. The van der Waals surface area contributed by atoms with Gasteiger partial charge in [-0.1, -0.05) is 388 Å². The van der Waals surface area contributed by atoms with E-state index < -0.39 is 143 Å². The van der Waals surface area contributed by atoms with Crippen LogP contribution in [0.15, 0.2) is 0 Å². The minimum atomic E-state index is -5.61. The number of esters is 4. The predicted octanol–water partition coefficient (Wildman–Crippen LogP) is 22.1. The zero-order chi connectivity index (χ0) is 88.2. The number of carbonyl (C=O) groups is 7. The van der Waals surface area contributed by atoms with Crippen molar-refractivity contribution in [3.05, 3.63) is 0 Å². The first kappa shape index (κ1) is 114. The highest BCUT2D eigenvalue weighted by Gasteiger charge is 2.53. The largest absolute Gasteiger partial charge is 0.470 e. The fourth-order valence-electron chi connectivity index (χ4n) is 16.2. The smallest absolute Gasteiger partial charge is 0.462 e. The third-order valence-corrected chi connectivity index (χ3v) is 24.2. The van der Waals surface area contributed by atoms with Crippen LogP contribution in [-0.4, -0.2) is 159 Å². The van der Waals surface area contributed by atoms with E-state index in [1.807, 2.05) is 0 Å².